The van der Waals surface area contributed by atoms with Crippen LogP contribution < -0.4 is 10.9 Å². The molecule has 0 spiro atoms. The highest BCUT2D eigenvalue weighted by atomic mass is 32.2. The minimum Gasteiger partial charge on any atom is -0.409 e. The third-order valence-electron chi connectivity index (χ3n) is 4.40. The van der Waals surface area contributed by atoms with Gasteiger partial charge in [0.15, 0.2) is 5.69 Å². The van der Waals surface area contributed by atoms with Gasteiger partial charge in [0.2, 0.25) is 5.91 Å². The summed E-state index contributed by atoms with van der Waals surface area (Å²) in [5.41, 5.74) is 1.71. The number of thioether (sulfide) groups is 1. The van der Waals surface area contributed by atoms with E-state index in [0.717, 1.165) is 11.8 Å². The highest BCUT2D eigenvalue weighted by molar-refractivity contribution is 7.99. The second-order valence-electron chi connectivity index (χ2n) is 6.47. The predicted molar refractivity (Wildman–Crippen MR) is 110 cm³/mol. The number of benzene rings is 1. The number of amides is 1. The van der Waals surface area contributed by atoms with Crippen molar-refractivity contribution in [1.82, 2.24) is 24.7 Å². The first-order chi connectivity index (χ1) is 14.4. The number of hydrogen-bond donors (Lipinski definition) is 1. The zero-order valence-electron chi connectivity index (χ0n) is 16.4. The number of aryl methyl sites for hydroxylation is 1. The lowest BCUT2D eigenvalue weighted by Gasteiger charge is -2.07. The van der Waals surface area contributed by atoms with E-state index in [2.05, 4.69) is 20.7 Å². The third-order valence-corrected chi connectivity index (χ3v) is 5.22. The first-order valence-electron chi connectivity index (χ1n) is 8.98. The molecule has 0 unspecified atom stereocenters. The van der Waals surface area contributed by atoms with Crippen LogP contribution in [0, 0.1) is 13.8 Å². The van der Waals surface area contributed by atoms with Crippen LogP contribution in [-0.2, 0) is 11.8 Å². The molecule has 1 aromatic carbocycles. The summed E-state index contributed by atoms with van der Waals surface area (Å²) < 4.78 is 13.7. The molecule has 3 aromatic heterocycles. The highest BCUT2D eigenvalue weighted by Crippen LogP contribution is 2.23. The lowest BCUT2D eigenvalue weighted by atomic mass is 10.3. The van der Waals surface area contributed by atoms with E-state index < -0.39 is 0 Å². The van der Waals surface area contributed by atoms with Gasteiger partial charge in [-0.25, -0.2) is 4.68 Å². The molecule has 30 heavy (non-hydrogen) atoms. The van der Waals surface area contributed by atoms with Gasteiger partial charge in [0.1, 0.15) is 11.4 Å². The molecule has 0 aliphatic heterocycles. The van der Waals surface area contributed by atoms with Gasteiger partial charge in [-0.2, -0.15) is 0 Å². The molecule has 0 saturated carbocycles. The largest absolute Gasteiger partial charge is 0.409 e. The van der Waals surface area contributed by atoms with Crippen molar-refractivity contribution in [3.8, 4) is 17.3 Å². The first kappa shape index (κ1) is 19.7. The van der Waals surface area contributed by atoms with Gasteiger partial charge in [0.05, 0.1) is 17.1 Å². The van der Waals surface area contributed by atoms with Gasteiger partial charge in [-0.1, -0.05) is 35.1 Å². The van der Waals surface area contributed by atoms with Crippen LogP contribution in [-0.4, -0.2) is 36.4 Å². The standard InChI is InChI=1S/C19H18N6O4S/c1-11-9-14(23-29-11)17-21-22-19(28-17)30-10-15(26)20-16-12(2)24(3)25(18(16)27)13-7-5-4-6-8-13/h4-9H,10H2,1-3H3,(H,20,26). The molecule has 0 aliphatic carbocycles. The van der Waals surface area contributed by atoms with Crippen molar-refractivity contribution >= 4 is 23.4 Å². The van der Waals surface area contributed by atoms with Crippen molar-refractivity contribution in [2.75, 3.05) is 11.1 Å². The van der Waals surface area contributed by atoms with Gasteiger partial charge >= 0.3 is 0 Å². The van der Waals surface area contributed by atoms with Crippen molar-refractivity contribution in [2.24, 2.45) is 7.05 Å². The molecule has 10 nitrogen and oxygen atoms in total. The predicted octanol–water partition coefficient (Wildman–Crippen LogP) is 2.56. The second kappa shape index (κ2) is 8.03. The van der Waals surface area contributed by atoms with Crippen LogP contribution in [0.2, 0.25) is 0 Å². The molecule has 0 atom stereocenters. The molecule has 1 amide bonds. The van der Waals surface area contributed by atoms with Gasteiger partial charge in [0, 0.05) is 13.1 Å². The van der Waals surface area contributed by atoms with Crippen molar-refractivity contribution in [1.29, 1.82) is 0 Å². The van der Waals surface area contributed by atoms with E-state index in [1.165, 1.54) is 4.68 Å². The topological polar surface area (TPSA) is 121 Å². The maximum atomic E-state index is 12.8. The Morgan fingerprint density at radius 3 is 2.67 bits per heavy atom. The highest BCUT2D eigenvalue weighted by Gasteiger charge is 2.19. The van der Waals surface area contributed by atoms with Crippen molar-refractivity contribution in [2.45, 2.75) is 19.1 Å². The summed E-state index contributed by atoms with van der Waals surface area (Å²) in [5, 5.41) is 14.5. The molecule has 11 heteroatoms. The van der Waals surface area contributed by atoms with Gasteiger partial charge in [0.25, 0.3) is 16.7 Å². The van der Waals surface area contributed by atoms with Gasteiger partial charge in [-0.15, -0.1) is 10.2 Å². The monoisotopic (exact) mass is 426 g/mol. The normalized spacial score (nSPS) is 11.0. The lowest BCUT2D eigenvalue weighted by Crippen LogP contribution is -2.23. The number of carbonyl (C=O) groups excluding carboxylic acids is 1. The SMILES string of the molecule is Cc1cc(-c2nnc(SCC(=O)Nc3c(C)n(C)n(-c4ccccc4)c3=O)o2)no1. The van der Waals surface area contributed by atoms with E-state index in [9.17, 15) is 9.59 Å². The zero-order chi connectivity index (χ0) is 21.3. The number of carbonyl (C=O) groups is 1. The molecule has 154 valence electrons. The number of para-hydroxylation sites is 1. The van der Waals surface area contributed by atoms with Crippen molar-refractivity contribution in [3.05, 3.63) is 58.2 Å². The van der Waals surface area contributed by atoms with E-state index in [4.69, 9.17) is 8.94 Å². The molecule has 0 aliphatic rings. The second-order valence-corrected chi connectivity index (χ2v) is 7.40. The van der Waals surface area contributed by atoms with E-state index >= 15 is 0 Å². The van der Waals surface area contributed by atoms with Crippen LogP contribution in [0.3, 0.4) is 0 Å². The average Bonchev–Trinajstić information content (AvgIpc) is 3.43. The molecule has 0 saturated heterocycles. The Balaban J connectivity index is 1.45. The molecule has 4 rings (SSSR count). The molecule has 4 aromatic rings. The van der Waals surface area contributed by atoms with Crippen LogP contribution in [0.15, 0.2) is 55.4 Å². The summed E-state index contributed by atoms with van der Waals surface area (Å²) >= 11 is 1.06. The van der Waals surface area contributed by atoms with Crippen LogP contribution in [0.25, 0.3) is 17.3 Å². The van der Waals surface area contributed by atoms with E-state index in [-0.39, 0.29) is 34.0 Å². The number of anilines is 1. The molecular weight excluding hydrogens is 408 g/mol. The Morgan fingerprint density at radius 1 is 1.20 bits per heavy atom. The van der Waals surface area contributed by atoms with Gasteiger partial charge < -0.3 is 14.3 Å². The number of nitrogens with one attached hydrogen (secondary N) is 1. The maximum Gasteiger partial charge on any atom is 0.295 e. The summed E-state index contributed by atoms with van der Waals surface area (Å²) in [6, 6.07) is 10.9. The summed E-state index contributed by atoms with van der Waals surface area (Å²) in [5.74, 6) is 0.470. The average molecular weight is 426 g/mol. The fourth-order valence-corrected chi connectivity index (χ4v) is 3.42. The van der Waals surface area contributed by atoms with Crippen LogP contribution in [0.5, 0.6) is 0 Å². The summed E-state index contributed by atoms with van der Waals surface area (Å²) in [4.78, 5) is 25.3. The van der Waals surface area contributed by atoms with Gasteiger partial charge in [-0.3, -0.25) is 14.3 Å². The Hall–Kier alpha value is -3.60. The van der Waals surface area contributed by atoms with Crippen LogP contribution in [0.1, 0.15) is 11.5 Å². The number of rotatable bonds is 6. The van der Waals surface area contributed by atoms with Crippen LogP contribution >= 0.6 is 11.8 Å². The first-order valence-corrected chi connectivity index (χ1v) is 9.96. The minimum absolute atomic E-state index is 0.00140. The fourth-order valence-electron chi connectivity index (χ4n) is 2.85. The Kier molecular flexibility index (Phi) is 5.27. The quantitative estimate of drug-likeness (QED) is 0.467. The van der Waals surface area contributed by atoms with Gasteiger partial charge in [-0.05, 0) is 26.0 Å². The fraction of sp³-hybridized carbons (Fsp3) is 0.211. The van der Waals surface area contributed by atoms with Crippen molar-refractivity contribution < 1.29 is 13.7 Å². The summed E-state index contributed by atoms with van der Waals surface area (Å²) in [6.07, 6.45) is 0. The molecule has 3 heterocycles. The Bertz CT molecular complexity index is 1250. The minimum atomic E-state index is -0.358. The maximum absolute atomic E-state index is 12.8. The molecule has 1 N–H and O–H groups in total. The number of aromatic nitrogens is 5. The number of hydrogen-bond acceptors (Lipinski definition) is 8. The smallest absolute Gasteiger partial charge is 0.295 e. The van der Waals surface area contributed by atoms with E-state index in [1.54, 1.807) is 31.6 Å². The Morgan fingerprint density at radius 2 is 1.97 bits per heavy atom. The van der Waals surface area contributed by atoms with E-state index in [1.807, 2.05) is 30.3 Å². The van der Waals surface area contributed by atoms with Crippen LogP contribution in [0.4, 0.5) is 5.69 Å². The molecule has 0 fully saturated rings. The molecule has 0 bridgehead atoms. The lowest BCUT2D eigenvalue weighted by molar-refractivity contribution is -0.113. The summed E-state index contributed by atoms with van der Waals surface area (Å²) in [7, 11) is 1.76. The Labute approximate surface area is 174 Å². The summed E-state index contributed by atoms with van der Waals surface area (Å²) in [6.45, 7) is 3.53. The molecular formula is C19H18N6O4S. The molecule has 0 radical (unpaired) electrons. The third kappa shape index (κ3) is 3.79. The van der Waals surface area contributed by atoms with Crippen molar-refractivity contribution in [3.63, 3.8) is 0 Å². The van der Waals surface area contributed by atoms with E-state index in [0.29, 0.717) is 22.8 Å². The zero-order valence-corrected chi connectivity index (χ0v) is 17.3. The number of nitrogens with zero attached hydrogens (tertiary/aromatic N) is 5.